The molecule has 1 heterocycles. The van der Waals surface area contributed by atoms with E-state index in [0.29, 0.717) is 0 Å². The topological polar surface area (TPSA) is 15.8 Å². The molecule has 0 aliphatic heterocycles. The van der Waals surface area contributed by atoms with Crippen molar-refractivity contribution in [3.8, 4) is 0 Å². The molecule has 0 saturated heterocycles. The van der Waals surface area contributed by atoms with Crippen LogP contribution in [-0.4, -0.2) is 4.98 Å². The number of hydrogen-bond donors (Lipinski definition) is 1. The predicted molar refractivity (Wildman–Crippen MR) is 52.5 cm³/mol. The maximum atomic E-state index is 2.93. The van der Waals surface area contributed by atoms with Crippen LogP contribution in [0.15, 0.2) is 36.1 Å². The molecule has 0 amide bonds. The standard InChI is InChI=1S/C7H11.C4H4N.Ru/c1-4-6-7(3)5-2;1-2-4-5-3-1;/h5-6H,1-3H3;1-3,5H;/q2*-1;+2. The summed E-state index contributed by atoms with van der Waals surface area (Å²) in [5.74, 6) is 0. The maximum absolute atomic E-state index is 2.93. The number of hydrogen-bond acceptors (Lipinski definition) is 0. The molecule has 1 nitrogen and oxygen atoms in total. The first-order valence-corrected chi connectivity index (χ1v) is 3.94. The van der Waals surface area contributed by atoms with E-state index in [1.54, 1.807) is 0 Å². The van der Waals surface area contributed by atoms with Gasteiger partial charge in [0.05, 0.1) is 0 Å². The average molecular weight is 262 g/mol. The minimum Gasteiger partial charge on any atom is -0.484 e. The third kappa shape index (κ3) is 11.4. The van der Waals surface area contributed by atoms with Crippen LogP contribution in [0.3, 0.4) is 0 Å². The number of aromatic nitrogens is 1. The van der Waals surface area contributed by atoms with E-state index in [0.717, 1.165) is 0 Å². The molecule has 0 unspecified atom stereocenters. The second-order valence-electron chi connectivity index (χ2n) is 2.28. The van der Waals surface area contributed by atoms with Crippen molar-refractivity contribution in [3.05, 3.63) is 48.3 Å². The summed E-state index contributed by atoms with van der Waals surface area (Å²) in [5, 5.41) is 0. The third-order valence-corrected chi connectivity index (χ3v) is 1.27. The van der Waals surface area contributed by atoms with Crippen molar-refractivity contribution in [1.29, 1.82) is 0 Å². The fourth-order valence-electron chi connectivity index (χ4n) is 0.552. The summed E-state index contributed by atoms with van der Waals surface area (Å²) < 4.78 is 0. The Morgan fingerprint density at radius 1 is 1.54 bits per heavy atom. The zero-order valence-electron chi connectivity index (χ0n) is 8.24. The Morgan fingerprint density at radius 3 is 2.38 bits per heavy atom. The second-order valence-corrected chi connectivity index (χ2v) is 2.28. The smallest absolute Gasteiger partial charge is 0.484 e. The summed E-state index contributed by atoms with van der Waals surface area (Å²) in [4.78, 5) is 2.74. The Balaban J connectivity index is 0. The molecular formula is C11H15NRu. The van der Waals surface area contributed by atoms with Gasteiger partial charge in [0.25, 0.3) is 0 Å². The number of rotatable bonds is 1. The second kappa shape index (κ2) is 11.4. The van der Waals surface area contributed by atoms with Gasteiger partial charge in [0, 0.05) is 0 Å². The molecule has 0 spiro atoms. The quantitative estimate of drug-likeness (QED) is 0.454. The Bertz CT molecular complexity index is 205. The van der Waals surface area contributed by atoms with Crippen molar-refractivity contribution in [1.82, 2.24) is 4.98 Å². The van der Waals surface area contributed by atoms with E-state index >= 15 is 0 Å². The van der Waals surface area contributed by atoms with Crippen LogP contribution in [0, 0.1) is 12.3 Å². The summed E-state index contributed by atoms with van der Waals surface area (Å²) in [5.41, 5.74) is 1.27. The molecule has 0 aliphatic carbocycles. The SMILES string of the molecule is C[C-]=CC(C)=CC.[Ru+2].[c-]1ccc[nH]1. The maximum Gasteiger partial charge on any atom is 2.00 e. The predicted octanol–water partition coefficient (Wildman–Crippen LogP) is 3.14. The van der Waals surface area contributed by atoms with Gasteiger partial charge in [-0.15, -0.1) is 20.0 Å². The molecule has 2 heteroatoms. The minimum absolute atomic E-state index is 0. The summed E-state index contributed by atoms with van der Waals surface area (Å²) >= 11 is 0. The first kappa shape index (κ1) is 14.9. The van der Waals surface area contributed by atoms with E-state index in [9.17, 15) is 0 Å². The summed E-state index contributed by atoms with van der Waals surface area (Å²) in [7, 11) is 0. The van der Waals surface area contributed by atoms with Crippen molar-refractivity contribution < 1.29 is 19.5 Å². The van der Waals surface area contributed by atoms with E-state index < -0.39 is 0 Å². The zero-order chi connectivity index (χ0) is 9.23. The van der Waals surface area contributed by atoms with E-state index in [2.05, 4.69) is 30.3 Å². The molecule has 1 aromatic rings. The fraction of sp³-hybridized carbons (Fsp3) is 0.273. The summed E-state index contributed by atoms with van der Waals surface area (Å²) in [6.07, 6.45) is 11.5. The molecular weight excluding hydrogens is 247 g/mol. The van der Waals surface area contributed by atoms with Crippen LogP contribution in [0.2, 0.25) is 0 Å². The van der Waals surface area contributed by atoms with E-state index in [4.69, 9.17) is 0 Å². The average Bonchev–Trinajstić information content (AvgIpc) is 2.62. The van der Waals surface area contributed by atoms with Crippen molar-refractivity contribution in [2.24, 2.45) is 0 Å². The normalized spacial score (nSPS) is 10.2. The van der Waals surface area contributed by atoms with Gasteiger partial charge < -0.3 is 4.98 Å². The Labute approximate surface area is 93.7 Å². The van der Waals surface area contributed by atoms with Crippen molar-refractivity contribution in [2.45, 2.75) is 20.8 Å². The number of nitrogens with one attached hydrogen (secondary N) is 1. The largest absolute Gasteiger partial charge is 2.00 e. The third-order valence-electron chi connectivity index (χ3n) is 1.27. The minimum atomic E-state index is 0. The Hall–Kier alpha value is -0.617. The molecule has 0 fully saturated rings. The fourth-order valence-corrected chi connectivity index (χ4v) is 0.552. The molecule has 1 N–H and O–H groups in total. The molecule has 0 radical (unpaired) electrons. The monoisotopic (exact) mass is 263 g/mol. The molecule has 72 valence electrons. The van der Waals surface area contributed by atoms with Gasteiger partial charge in [0.15, 0.2) is 0 Å². The van der Waals surface area contributed by atoms with Crippen LogP contribution >= 0.6 is 0 Å². The Kier molecular flexibility index (Phi) is 13.0. The molecule has 1 aromatic heterocycles. The van der Waals surface area contributed by atoms with Gasteiger partial charge in [-0.3, -0.25) is 6.08 Å². The van der Waals surface area contributed by atoms with Gasteiger partial charge in [-0.1, -0.05) is 6.92 Å². The van der Waals surface area contributed by atoms with Gasteiger partial charge in [-0.2, -0.15) is 24.4 Å². The molecule has 0 bridgehead atoms. The van der Waals surface area contributed by atoms with Crippen LogP contribution in [0.1, 0.15) is 20.8 Å². The molecule has 13 heavy (non-hydrogen) atoms. The van der Waals surface area contributed by atoms with Crippen LogP contribution in [-0.2, 0) is 19.5 Å². The van der Waals surface area contributed by atoms with Crippen LogP contribution < -0.4 is 0 Å². The zero-order valence-corrected chi connectivity index (χ0v) is 9.98. The molecule has 0 aromatic carbocycles. The first-order valence-electron chi connectivity index (χ1n) is 3.94. The van der Waals surface area contributed by atoms with Crippen LogP contribution in [0.4, 0.5) is 0 Å². The van der Waals surface area contributed by atoms with Crippen molar-refractivity contribution in [3.63, 3.8) is 0 Å². The van der Waals surface area contributed by atoms with E-state index in [1.165, 1.54) is 5.57 Å². The number of aromatic amines is 1. The van der Waals surface area contributed by atoms with E-state index in [-0.39, 0.29) is 19.5 Å². The number of H-pyrrole nitrogens is 1. The molecule has 0 atom stereocenters. The Morgan fingerprint density at radius 2 is 2.23 bits per heavy atom. The van der Waals surface area contributed by atoms with Crippen LogP contribution in [0.5, 0.6) is 0 Å². The molecule has 1 rings (SSSR count). The molecule has 0 aliphatic rings. The summed E-state index contributed by atoms with van der Waals surface area (Å²) in [6, 6.07) is 3.71. The molecule has 0 saturated carbocycles. The summed E-state index contributed by atoms with van der Waals surface area (Å²) in [6.45, 7) is 5.96. The van der Waals surface area contributed by atoms with Gasteiger partial charge in [-0.05, 0) is 0 Å². The van der Waals surface area contributed by atoms with Gasteiger partial charge in [-0.25, -0.2) is 11.6 Å². The van der Waals surface area contributed by atoms with E-state index in [1.807, 2.05) is 38.3 Å². The number of allylic oxidation sites excluding steroid dienone is 4. The van der Waals surface area contributed by atoms with Gasteiger partial charge in [0.1, 0.15) is 0 Å². The van der Waals surface area contributed by atoms with Gasteiger partial charge in [0.2, 0.25) is 0 Å². The van der Waals surface area contributed by atoms with Gasteiger partial charge >= 0.3 is 19.5 Å². The van der Waals surface area contributed by atoms with Crippen LogP contribution in [0.25, 0.3) is 0 Å². The van der Waals surface area contributed by atoms with Crippen molar-refractivity contribution >= 4 is 0 Å². The first-order chi connectivity index (χ1) is 5.81. The van der Waals surface area contributed by atoms with Crippen molar-refractivity contribution in [2.75, 3.05) is 0 Å².